The van der Waals surface area contributed by atoms with E-state index in [1.165, 1.54) is 0 Å². The van der Waals surface area contributed by atoms with Gasteiger partial charge in [0, 0.05) is 20.9 Å². The molecule has 1 aromatic carbocycles. The van der Waals surface area contributed by atoms with E-state index >= 15 is 0 Å². The highest BCUT2D eigenvalue weighted by Gasteiger charge is 2.29. The maximum atomic E-state index is 7.22. The SMILES string of the molecule is [C-]#[N+]C(C)(C)c1cccc2c1ncn2C. The Kier molecular flexibility index (Phi) is 2.01. The standard InChI is InChI=1S/C12H13N3/c1-12(2,13-3)9-6-5-7-10-11(9)14-8-15(10)4/h5-8H,1-2,4H3. The number of hydrogen-bond donors (Lipinski definition) is 0. The molecule has 0 aliphatic carbocycles. The molecule has 76 valence electrons. The first-order valence-electron chi connectivity index (χ1n) is 4.85. The van der Waals surface area contributed by atoms with E-state index in [0.717, 1.165) is 16.6 Å². The van der Waals surface area contributed by atoms with E-state index in [1.54, 1.807) is 6.33 Å². The van der Waals surface area contributed by atoms with Gasteiger partial charge in [0.15, 0.2) is 0 Å². The molecule has 1 aromatic heterocycles. The summed E-state index contributed by atoms with van der Waals surface area (Å²) >= 11 is 0. The van der Waals surface area contributed by atoms with Crippen LogP contribution in [0.2, 0.25) is 0 Å². The van der Waals surface area contributed by atoms with Crippen LogP contribution in [-0.4, -0.2) is 9.55 Å². The predicted octanol–water partition coefficient (Wildman–Crippen LogP) is 2.73. The second kappa shape index (κ2) is 3.09. The van der Waals surface area contributed by atoms with Gasteiger partial charge in [-0.1, -0.05) is 6.07 Å². The third kappa shape index (κ3) is 1.39. The number of para-hydroxylation sites is 1. The van der Waals surface area contributed by atoms with Crippen LogP contribution < -0.4 is 0 Å². The van der Waals surface area contributed by atoms with Crippen molar-refractivity contribution in [3.8, 4) is 0 Å². The molecule has 0 saturated heterocycles. The average molecular weight is 199 g/mol. The Morgan fingerprint density at radius 3 is 2.80 bits per heavy atom. The second-order valence-corrected chi connectivity index (χ2v) is 4.20. The lowest BCUT2D eigenvalue weighted by atomic mass is 9.94. The molecule has 3 nitrogen and oxygen atoms in total. The first-order chi connectivity index (χ1) is 7.06. The van der Waals surface area contributed by atoms with E-state index in [2.05, 4.69) is 9.83 Å². The fraction of sp³-hybridized carbons (Fsp3) is 0.333. The van der Waals surface area contributed by atoms with Crippen LogP contribution in [0.5, 0.6) is 0 Å². The Labute approximate surface area is 89.2 Å². The van der Waals surface area contributed by atoms with Gasteiger partial charge in [0.05, 0.1) is 22.9 Å². The lowest BCUT2D eigenvalue weighted by Crippen LogP contribution is -2.11. The first kappa shape index (κ1) is 9.72. The van der Waals surface area contributed by atoms with Crippen molar-refractivity contribution in [3.05, 3.63) is 41.5 Å². The molecule has 0 aliphatic heterocycles. The number of fused-ring (bicyclic) bond motifs is 1. The van der Waals surface area contributed by atoms with Gasteiger partial charge in [-0.05, 0) is 12.1 Å². The van der Waals surface area contributed by atoms with Gasteiger partial charge in [-0.15, -0.1) is 0 Å². The summed E-state index contributed by atoms with van der Waals surface area (Å²) in [5.74, 6) is 0. The molecule has 2 aromatic rings. The topological polar surface area (TPSA) is 22.2 Å². The Balaban J connectivity index is 2.79. The molecule has 0 unspecified atom stereocenters. The summed E-state index contributed by atoms with van der Waals surface area (Å²) in [4.78, 5) is 8.00. The third-order valence-corrected chi connectivity index (χ3v) is 2.69. The van der Waals surface area contributed by atoms with Crippen LogP contribution in [0.1, 0.15) is 19.4 Å². The summed E-state index contributed by atoms with van der Waals surface area (Å²) in [5.41, 5.74) is 2.49. The Bertz CT molecular complexity index is 543. The van der Waals surface area contributed by atoms with Gasteiger partial charge in [-0.3, -0.25) is 0 Å². The van der Waals surface area contributed by atoms with E-state index < -0.39 is 5.54 Å². The normalized spacial score (nSPS) is 11.6. The summed E-state index contributed by atoms with van der Waals surface area (Å²) in [7, 11) is 1.96. The van der Waals surface area contributed by atoms with Gasteiger partial charge >= 0.3 is 0 Å². The Morgan fingerprint density at radius 1 is 1.40 bits per heavy atom. The number of rotatable bonds is 1. The van der Waals surface area contributed by atoms with Crippen molar-refractivity contribution in [1.29, 1.82) is 0 Å². The monoisotopic (exact) mass is 199 g/mol. The van der Waals surface area contributed by atoms with Gasteiger partial charge in [0.1, 0.15) is 0 Å². The smallest absolute Gasteiger partial charge is 0.254 e. The average Bonchev–Trinajstić information content (AvgIpc) is 2.60. The molecule has 0 bridgehead atoms. The molecule has 0 fully saturated rings. The molecular formula is C12H13N3. The number of imidazole rings is 1. The zero-order valence-corrected chi connectivity index (χ0v) is 9.15. The summed E-state index contributed by atoms with van der Waals surface area (Å²) < 4.78 is 1.97. The lowest BCUT2D eigenvalue weighted by Gasteiger charge is -2.11. The van der Waals surface area contributed by atoms with Gasteiger partial charge in [-0.25, -0.2) is 11.6 Å². The predicted molar refractivity (Wildman–Crippen MR) is 60.3 cm³/mol. The van der Waals surface area contributed by atoms with Gasteiger partial charge in [0.25, 0.3) is 5.54 Å². The van der Waals surface area contributed by atoms with E-state index in [-0.39, 0.29) is 0 Å². The van der Waals surface area contributed by atoms with Crippen LogP contribution in [0.25, 0.3) is 15.9 Å². The minimum atomic E-state index is -0.506. The first-order valence-corrected chi connectivity index (χ1v) is 4.85. The molecule has 0 radical (unpaired) electrons. The van der Waals surface area contributed by atoms with Crippen LogP contribution >= 0.6 is 0 Å². The van der Waals surface area contributed by atoms with Crippen molar-refractivity contribution in [1.82, 2.24) is 9.55 Å². The fourth-order valence-electron chi connectivity index (χ4n) is 1.71. The van der Waals surface area contributed by atoms with Crippen molar-refractivity contribution in [3.63, 3.8) is 0 Å². The van der Waals surface area contributed by atoms with Crippen molar-refractivity contribution in [2.75, 3.05) is 0 Å². The molecule has 0 aliphatic rings. The van der Waals surface area contributed by atoms with Crippen LogP contribution in [0.4, 0.5) is 0 Å². The van der Waals surface area contributed by atoms with Crippen molar-refractivity contribution < 1.29 is 0 Å². The quantitative estimate of drug-likeness (QED) is 0.647. The minimum absolute atomic E-state index is 0.506. The molecule has 2 rings (SSSR count). The molecule has 3 heteroatoms. The summed E-state index contributed by atoms with van der Waals surface area (Å²) in [6, 6.07) is 5.98. The van der Waals surface area contributed by atoms with E-state index in [9.17, 15) is 0 Å². The molecule has 0 saturated carbocycles. The summed E-state index contributed by atoms with van der Waals surface area (Å²) in [6.07, 6.45) is 1.79. The van der Waals surface area contributed by atoms with Crippen LogP contribution in [-0.2, 0) is 12.6 Å². The molecule has 0 atom stereocenters. The maximum absolute atomic E-state index is 7.22. The number of aryl methyl sites for hydroxylation is 1. The zero-order valence-electron chi connectivity index (χ0n) is 9.15. The van der Waals surface area contributed by atoms with Crippen molar-refractivity contribution >= 4 is 11.0 Å². The number of benzene rings is 1. The maximum Gasteiger partial charge on any atom is 0.254 e. The third-order valence-electron chi connectivity index (χ3n) is 2.69. The highest BCUT2D eigenvalue weighted by atomic mass is 15.0. The fourth-order valence-corrected chi connectivity index (χ4v) is 1.71. The highest BCUT2D eigenvalue weighted by molar-refractivity contribution is 5.80. The summed E-state index contributed by atoms with van der Waals surface area (Å²) in [6.45, 7) is 11.1. The zero-order chi connectivity index (χ0) is 11.1. The largest absolute Gasteiger partial charge is 0.334 e. The van der Waals surface area contributed by atoms with Crippen LogP contribution in [0.3, 0.4) is 0 Å². The van der Waals surface area contributed by atoms with E-state index in [1.807, 2.05) is 43.7 Å². The molecular weight excluding hydrogens is 186 g/mol. The second-order valence-electron chi connectivity index (χ2n) is 4.20. The van der Waals surface area contributed by atoms with Crippen molar-refractivity contribution in [2.45, 2.75) is 19.4 Å². The Hall–Kier alpha value is -1.82. The molecule has 0 amide bonds. The van der Waals surface area contributed by atoms with Gasteiger partial charge in [0.2, 0.25) is 0 Å². The van der Waals surface area contributed by atoms with Crippen LogP contribution in [0, 0.1) is 6.57 Å². The molecule has 15 heavy (non-hydrogen) atoms. The van der Waals surface area contributed by atoms with Crippen molar-refractivity contribution in [2.24, 2.45) is 7.05 Å². The minimum Gasteiger partial charge on any atom is -0.334 e. The van der Waals surface area contributed by atoms with Gasteiger partial charge < -0.3 is 9.41 Å². The molecule has 1 heterocycles. The van der Waals surface area contributed by atoms with Crippen LogP contribution in [0.15, 0.2) is 24.5 Å². The molecule has 0 N–H and O–H groups in total. The highest BCUT2D eigenvalue weighted by Crippen LogP contribution is 2.30. The Morgan fingerprint density at radius 2 is 2.13 bits per heavy atom. The number of nitrogens with zero attached hydrogens (tertiary/aromatic N) is 3. The lowest BCUT2D eigenvalue weighted by molar-refractivity contribution is 0.669. The number of hydrogen-bond acceptors (Lipinski definition) is 1. The molecule has 0 spiro atoms. The summed E-state index contributed by atoms with van der Waals surface area (Å²) in [5, 5.41) is 0. The van der Waals surface area contributed by atoms with E-state index in [4.69, 9.17) is 6.57 Å². The number of aromatic nitrogens is 2. The van der Waals surface area contributed by atoms with E-state index in [0.29, 0.717) is 0 Å². The van der Waals surface area contributed by atoms with Gasteiger partial charge in [-0.2, -0.15) is 0 Å².